The van der Waals surface area contributed by atoms with E-state index in [9.17, 15) is 4.79 Å². The smallest absolute Gasteiger partial charge is 0.434 e. The van der Waals surface area contributed by atoms with Gasteiger partial charge in [-0.25, -0.2) is 4.79 Å². The van der Waals surface area contributed by atoms with Crippen molar-refractivity contribution in [2.75, 3.05) is 6.61 Å². The van der Waals surface area contributed by atoms with E-state index in [1.165, 1.54) is 24.8 Å². The molecule has 0 aliphatic rings. The van der Waals surface area contributed by atoms with Crippen molar-refractivity contribution in [3.8, 4) is 5.75 Å². The van der Waals surface area contributed by atoms with Crippen molar-refractivity contribution in [3.05, 3.63) is 29.3 Å². The maximum atomic E-state index is 11.9. The van der Waals surface area contributed by atoms with Crippen molar-refractivity contribution >= 4 is 6.16 Å². The maximum absolute atomic E-state index is 11.9. The molecule has 23 heavy (non-hydrogen) atoms. The van der Waals surface area contributed by atoms with E-state index < -0.39 is 6.16 Å². The molecule has 0 atom stereocenters. The van der Waals surface area contributed by atoms with Crippen LogP contribution >= 0.6 is 0 Å². The SMILES string of the molecule is CCCCCCCOC(=O)Oc1cccc(CCC)c1CCC. The number of carbonyl (C=O) groups is 1. The van der Waals surface area contributed by atoms with Crippen LogP contribution in [-0.4, -0.2) is 12.8 Å². The molecule has 1 aromatic carbocycles. The Balaban J connectivity index is 2.51. The predicted octanol–water partition coefficient (Wildman–Crippen LogP) is 6.08. The van der Waals surface area contributed by atoms with Crippen LogP contribution in [0.3, 0.4) is 0 Å². The third-order valence-corrected chi connectivity index (χ3v) is 3.91. The third-order valence-electron chi connectivity index (χ3n) is 3.91. The summed E-state index contributed by atoms with van der Waals surface area (Å²) in [7, 11) is 0. The van der Waals surface area contributed by atoms with E-state index in [1.54, 1.807) is 0 Å². The second kappa shape index (κ2) is 12.0. The van der Waals surface area contributed by atoms with Gasteiger partial charge >= 0.3 is 6.16 Å². The molecule has 0 spiro atoms. The molecule has 0 saturated heterocycles. The van der Waals surface area contributed by atoms with Gasteiger partial charge < -0.3 is 9.47 Å². The van der Waals surface area contributed by atoms with Crippen LogP contribution < -0.4 is 4.74 Å². The van der Waals surface area contributed by atoms with Gasteiger partial charge in [0.15, 0.2) is 0 Å². The minimum absolute atomic E-state index is 0.445. The van der Waals surface area contributed by atoms with Gasteiger partial charge in [-0.2, -0.15) is 0 Å². The molecule has 0 aliphatic heterocycles. The number of hydrogen-bond acceptors (Lipinski definition) is 3. The van der Waals surface area contributed by atoms with E-state index in [1.807, 2.05) is 12.1 Å². The van der Waals surface area contributed by atoms with E-state index in [2.05, 4.69) is 26.8 Å². The van der Waals surface area contributed by atoms with Crippen LogP contribution in [0.4, 0.5) is 4.79 Å². The largest absolute Gasteiger partial charge is 0.513 e. The van der Waals surface area contributed by atoms with E-state index in [0.29, 0.717) is 12.4 Å². The van der Waals surface area contributed by atoms with Crippen molar-refractivity contribution < 1.29 is 14.3 Å². The summed E-state index contributed by atoms with van der Waals surface area (Å²) in [4.78, 5) is 11.9. The highest BCUT2D eigenvalue weighted by atomic mass is 16.7. The summed E-state index contributed by atoms with van der Waals surface area (Å²) in [5.41, 5.74) is 2.43. The first-order valence-corrected chi connectivity index (χ1v) is 9.18. The van der Waals surface area contributed by atoms with Gasteiger partial charge in [-0.1, -0.05) is 71.4 Å². The van der Waals surface area contributed by atoms with Crippen LogP contribution in [0.1, 0.15) is 76.8 Å². The topological polar surface area (TPSA) is 35.5 Å². The molecule has 0 aromatic heterocycles. The van der Waals surface area contributed by atoms with Gasteiger partial charge in [0.25, 0.3) is 0 Å². The van der Waals surface area contributed by atoms with Crippen molar-refractivity contribution in [1.29, 1.82) is 0 Å². The number of aryl methyl sites for hydroxylation is 1. The molecule has 0 fully saturated rings. The lowest BCUT2D eigenvalue weighted by molar-refractivity contribution is 0.0969. The Bertz CT molecular complexity index is 454. The summed E-state index contributed by atoms with van der Waals surface area (Å²) in [6.45, 7) is 6.94. The summed E-state index contributed by atoms with van der Waals surface area (Å²) in [6, 6.07) is 5.95. The number of ether oxygens (including phenoxy) is 2. The standard InChI is InChI=1S/C20H32O3/c1-4-7-8-9-10-16-22-20(21)23-19-15-11-14-17(12-5-2)18(19)13-6-3/h11,14-15H,4-10,12-13,16H2,1-3H3. The zero-order chi connectivity index (χ0) is 16.9. The van der Waals surface area contributed by atoms with Crippen LogP contribution in [0.15, 0.2) is 18.2 Å². The van der Waals surface area contributed by atoms with Crippen molar-refractivity contribution in [1.82, 2.24) is 0 Å². The van der Waals surface area contributed by atoms with Gasteiger partial charge in [-0.3, -0.25) is 0 Å². The molecule has 0 saturated carbocycles. The summed E-state index contributed by atoms with van der Waals surface area (Å²) in [5.74, 6) is 0.661. The van der Waals surface area contributed by atoms with E-state index in [0.717, 1.165) is 44.1 Å². The lowest BCUT2D eigenvalue weighted by Gasteiger charge is -2.14. The molecular weight excluding hydrogens is 288 g/mol. The van der Waals surface area contributed by atoms with Gasteiger partial charge in [0.05, 0.1) is 6.61 Å². The maximum Gasteiger partial charge on any atom is 0.513 e. The Kier molecular flexibility index (Phi) is 10.2. The molecule has 1 rings (SSSR count). The van der Waals surface area contributed by atoms with Crippen molar-refractivity contribution in [3.63, 3.8) is 0 Å². The van der Waals surface area contributed by atoms with Crippen LogP contribution in [0.25, 0.3) is 0 Å². The molecule has 0 bridgehead atoms. The highest BCUT2D eigenvalue weighted by molar-refractivity contribution is 5.65. The van der Waals surface area contributed by atoms with Gasteiger partial charge in [-0.05, 0) is 36.5 Å². The van der Waals surface area contributed by atoms with Crippen molar-refractivity contribution in [2.24, 2.45) is 0 Å². The molecule has 0 heterocycles. The Morgan fingerprint density at radius 3 is 2.35 bits per heavy atom. The Hall–Kier alpha value is -1.51. The van der Waals surface area contributed by atoms with Gasteiger partial charge in [-0.15, -0.1) is 0 Å². The quantitative estimate of drug-likeness (QED) is 0.282. The lowest BCUT2D eigenvalue weighted by atomic mass is 9.99. The molecular formula is C20H32O3. The molecule has 130 valence electrons. The number of hydrogen-bond donors (Lipinski definition) is 0. The molecule has 1 aromatic rings. The van der Waals surface area contributed by atoms with Crippen molar-refractivity contribution in [2.45, 2.75) is 78.6 Å². The van der Waals surface area contributed by atoms with Crippen LogP contribution in [0.2, 0.25) is 0 Å². The van der Waals surface area contributed by atoms with E-state index in [-0.39, 0.29) is 0 Å². The fourth-order valence-electron chi connectivity index (χ4n) is 2.72. The molecule has 0 radical (unpaired) electrons. The first kappa shape index (κ1) is 19.5. The Labute approximate surface area is 141 Å². The number of unbranched alkanes of at least 4 members (excludes halogenated alkanes) is 4. The van der Waals surface area contributed by atoms with Crippen LogP contribution in [-0.2, 0) is 17.6 Å². The fraction of sp³-hybridized carbons (Fsp3) is 0.650. The normalized spacial score (nSPS) is 10.6. The highest BCUT2D eigenvalue weighted by Gasteiger charge is 2.13. The van der Waals surface area contributed by atoms with E-state index >= 15 is 0 Å². The average molecular weight is 320 g/mol. The van der Waals surface area contributed by atoms with Gasteiger partial charge in [0, 0.05) is 0 Å². The summed E-state index contributed by atoms with van der Waals surface area (Å²) in [6.07, 6.45) is 9.16. The monoisotopic (exact) mass is 320 g/mol. The third kappa shape index (κ3) is 7.54. The number of rotatable bonds is 11. The lowest BCUT2D eigenvalue weighted by Crippen LogP contribution is -2.13. The second-order valence-electron chi connectivity index (χ2n) is 6.01. The van der Waals surface area contributed by atoms with E-state index in [4.69, 9.17) is 9.47 Å². The summed E-state index contributed by atoms with van der Waals surface area (Å²) >= 11 is 0. The second-order valence-corrected chi connectivity index (χ2v) is 6.01. The minimum atomic E-state index is -0.577. The van der Waals surface area contributed by atoms with Crippen LogP contribution in [0, 0.1) is 0 Å². The molecule has 3 nitrogen and oxygen atoms in total. The molecule has 0 unspecified atom stereocenters. The fourth-order valence-corrected chi connectivity index (χ4v) is 2.72. The predicted molar refractivity (Wildman–Crippen MR) is 95.2 cm³/mol. The molecule has 3 heteroatoms. The first-order valence-electron chi connectivity index (χ1n) is 9.18. The Morgan fingerprint density at radius 2 is 1.65 bits per heavy atom. The average Bonchev–Trinajstić information content (AvgIpc) is 2.54. The van der Waals surface area contributed by atoms with Crippen LogP contribution in [0.5, 0.6) is 5.75 Å². The molecule has 0 N–H and O–H groups in total. The number of carbonyl (C=O) groups excluding carboxylic acids is 1. The molecule has 0 aliphatic carbocycles. The highest BCUT2D eigenvalue weighted by Crippen LogP contribution is 2.25. The van der Waals surface area contributed by atoms with Gasteiger partial charge in [0.1, 0.15) is 5.75 Å². The summed E-state index contributed by atoms with van der Waals surface area (Å²) in [5, 5.41) is 0. The minimum Gasteiger partial charge on any atom is -0.434 e. The van der Waals surface area contributed by atoms with Gasteiger partial charge in [0.2, 0.25) is 0 Å². The zero-order valence-corrected chi connectivity index (χ0v) is 15.0. The zero-order valence-electron chi connectivity index (χ0n) is 15.0. The Morgan fingerprint density at radius 1 is 0.913 bits per heavy atom. The summed E-state index contributed by atoms with van der Waals surface area (Å²) < 4.78 is 10.6. The first-order chi connectivity index (χ1) is 11.2. The molecule has 0 amide bonds. The number of benzene rings is 1.